The topological polar surface area (TPSA) is 83.5 Å². The number of carbonyl (C=O) groups is 1. The van der Waals surface area contributed by atoms with Gasteiger partial charge in [0.05, 0.1) is 23.4 Å². The zero-order chi connectivity index (χ0) is 37.6. The van der Waals surface area contributed by atoms with Gasteiger partial charge in [-0.25, -0.2) is 0 Å². The van der Waals surface area contributed by atoms with Gasteiger partial charge >= 0.3 is 29.6 Å². The fraction of sp³-hybridized carbons (Fsp3) is 0.317. The van der Waals surface area contributed by atoms with E-state index >= 15 is 0 Å². The molecule has 49 heavy (non-hydrogen) atoms. The first-order valence-electron chi connectivity index (χ1n) is 15.3. The molecule has 270 valence electrons. The summed E-state index contributed by atoms with van der Waals surface area (Å²) in [5.41, 5.74) is 6.39. The zero-order valence-corrected chi connectivity index (χ0v) is 34.2. The molecule has 0 aliphatic heterocycles. The van der Waals surface area contributed by atoms with E-state index in [9.17, 15) is 13.6 Å². The van der Waals surface area contributed by atoms with Gasteiger partial charge in [0, 0.05) is 0 Å². The molecule has 3 aromatic carbocycles. The third kappa shape index (κ3) is 38.8. The summed E-state index contributed by atoms with van der Waals surface area (Å²) >= 11 is 0. The van der Waals surface area contributed by atoms with Crippen LogP contribution in [0.25, 0.3) is 5.57 Å². The van der Waals surface area contributed by atoms with E-state index in [2.05, 4.69) is 100 Å². The van der Waals surface area contributed by atoms with Crippen molar-refractivity contribution in [2.45, 2.75) is 81.7 Å². The number of rotatable bonds is 6. The first kappa shape index (κ1) is 60.8. The first-order valence-corrected chi connectivity index (χ1v) is 15.3. The van der Waals surface area contributed by atoms with Crippen LogP contribution in [-0.2, 0) is 14.4 Å². The quantitative estimate of drug-likeness (QED) is 0.122. The number of aryl methyl sites for hydroxylation is 3. The Labute approximate surface area is 319 Å². The van der Waals surface area contributed by atoms with Gasteiger partial charge < -0.3 is 32.2 Å². The third-order valence-corrected chi connectivity index (χ3v) is 4.88. The van der Waals surface area contributed by atoms with Gasteiger partial charge in [0.1, 0.15) is 6.29 Å². The first-order chi connectivity index (χ1) is 22.5. The van der Waals surface area contributed by atoms with Gasteiger partial charge in [-0.1, -0.05) is 131 Å². The number of phenolic OH excluding ortho intramolecular Hbond substituents is 1. The van der Waals surface area contributed by atoms with E-state index < -0.39 is 17.4 Å². The van der Waals surface area contributed by atoms with Crippen molar-refractivity contribution in [1.82, 2.24) is 5.32 Å². The fourth-order valence-electron chi connectivity index (χ4n) is 2.61. The molecule has 5 nitrogen and oxygen atoms in total. The van der Waals surface area contributed by atoms with E-state index in [1.165, 1.54) is 27.8 Å². The minimum Gasteiger partial charge on any atom is -0.545 e. The normalized spacial score (nSPS) is 9.20. The Balaban J connectivity index is -0.0000000896. The molecular formula is C41H59F2NNaO4-3. The van der Waals surface area contributed by atoms with Crippen LogP contribution in [0.15, 0.2) is 91.5 Å². The molecular weight excluding hydrogens is 631 g/mol. The third-order valence-electron chi connectivity index (χ3n) is 4.88. The molecule has 0 radical (unpaired) electrons. The van der Waals surface area contributed by atoms with Crippen LogP contribution in [0.5, 0.6) is 5.75 Å². The van der Waals surface area contributed by atoms with E-state index in [-0.39, 0.29) is 43.0 Å². The molecule has 2 N–H and O–H groups in total. The Morgan fingerprint density at radius 2 is 1.41 bits per heavy atom. The number of aldehydes is 1. The number of nitrogens with one attached hydrogen (secondary N) is 1. The number of halogens is 2. The van der Waals surface area contributed by atoms with E-state index in [1.807, 2.05) is 52.8 Å². The number of benzene rings is 3. The Morgan fingerprint density at radius 1 is 0.980 bits per heavy atom. The maximum atomic E-state index is 12.1. The Bertz CT molecular complexity index is 1190. The molecule has 3 aromatic rings. The number of allylic oxidation sites excluding steroid dienone is 5. The average Bonchev–Trinajstić information content (AvgIpc) is 3.10. The van der Waals surface area contributed by atoms with Crippen LogP contribution in [0.2, 0.25) is 0 Å². The second-order valence-corrected chi connectivity index (χ2v) is 8.59. The van der Waals surface area contributed by atoms with Crippen molar-refractivity contribution in [1.29, 1.82) is 0 Å². The van der Waals surface area contributed by atoms with Crippen molar-refractivity contribution >= 4 is 24.9 Å². The molecule has 0 spiro atoms. The Kier molecular flexibility index (Phi) is 57.9. The fourth-order valence-corrected chi connectivity index (χ4v) is 2.61. The molecule has 0 heterocycles. The minimum atomic E-state index is -0.991. The number of carbonyl (C=O) groups excluding carboxylic acids is 3. The van der Waals surface area contributed by atoms with Crippen LogP contribution in [0.4, 0.5) is 8.78 Å². The Hall–Kier alpha value is -3.49. The summed E-state index contributed by atoms with van der Waals surface area (Å²) in [6, 6.07) is 20.8. The van der Waals surface area contributed by atoms with Crippen molar-refractivity contribution in [2.24, 2.45) is 0 Å². The van der Waals surface area contributed by atoms with Gasteiger partial charge in [0.15, 0.2) is 0 Å². The molecule has 0 fully saturated rings. The molecule has 1 unspecified atom stereocenters. The average molecular weight is 691 g/mol. The van der Waals surface area contributed by atoms with Crippen molar-refractivity contribution in [2.75, 3.05) is 7.05 Å². The van der Waals surface area contributed by atoms with E-state index in [0.717, 1.165) is 18.4 Å². The van der Waals surface area contributed by atoms with Gasteiger partial charge in [-0.2, -0.15) is 12.5 Å². The molecule has 0 saturated heterocycles. The van der Waals surface area contributed by atoms with Crippen LogP contribution in [0.1, 0.15) is 77.1 Å². The molecule has 0 bridgehead atoms. The zero-order valence-electron chi connectivity index (χ0n) is 32.2. The smallest absolute Gasteiger partial charge is 0.545 e. The van der Waals surface area contributed by atoms with Gasteiger partial charge in [-0.15, -0.1) is 12.1 Å². The molecule has 0 amide bonds. The Morgan fingerprint density at radius 3 is 1.65 bits per heavy atom. The maximum Gasteiger partial charge on any atom is 1.00 e. The molecule has 0 saturated carbocycles. The number of phenols is 1. The minimum absolute atomic E-state index is 0. The van der Waals surface area contributed by atoms with Crippen LogP contribution >= 0.6 is 0 Å². The summed E-state index contributed by atoms with van der Waals surface area (Å²) in [5.74, 6) is -2.93. The molecule has 0 aromatic heterocycles. The van der Waals surface area contributed by atoms with E-state index in [4.69, 9.17) is 14.7 Å². The SMILES string of the molecule is C=C/C=C(\C=C/C)c1ccc(C)cc1.CC.CC.CC[C-]=O.CNC(C)C=O.Cc1cccc(C)c1.Oc1c(F)c[c-]cc1F.[CH-]=O.[CH3-].[Na+]. The van der Waals surface area contributed by atoms with Crippen LogP contribution in [-0.4, -0.2) is 37.6 Å². The van der Waals surface area contributed by atoms with Crippen LogP contribution < -0.4 is 34.9 Å². The predicted octanol–water partition coefficient (Wildman–Crippen LogP) is 7.45. The largest absolute Gasteiger partial charge is 1.00 e. The molecule has 8 heteroatoms. The molecule has 0 aliphatic carbocycles. The summed E-state index contributed by atoms with van der Waals surface area (Å²) in [5, 5.41) is 11.2. The van der Waals surface area contributed by atoms with Gasteiger partial charge in [-0.05, 0) is 52.8 Å². The molecule has 3 rings (SSSR count). The number of likely N-dealkylation sites (N-methyl/N-ethyl adjacent to an activating group) is 1. The second kappa shape index (κ2) is 46.6. The van der Waals surface area contributed by atoms with E-state index in [1.54, 1.807) is 27.2 Å². The summed E-state index contributed by atoms with van der Waals surface area (Å²) in [6.45, 7) is 26.8. The summed E-state index contributed by atoms with van der Waals surface area (Å²) in [4.78, 5) is 26.5. The molecule has 0 aliphatic rings. The van der Waals surface area contributed by atoms with Crippen molar-refractivity contribution < 1.29 is 57.8 Å². The van der Waals surface area contributed by atoms with Gasteiger partial charge in [0.2, 0.25) is 0 Å². The standard InChI is InChI=1S/C14H16.C8H10.C6H3F2O.C4H9NO.C3H5O.2C2H6.CHO.CH3.Na/c1-4-6-13(7-5-2)14-10-8-12(3)9-11-14;1-7-4-3-5-8(2)6-7;7-4-2-1-3-5(8)6(4)9;1-4(3-6)5-2;1-2-3-4;3*1-2;;/h4-11H,1H2,2-3H3;3-6H,1-2H3;2-3,9H;3-5H,1-2H3;2H2,1H3;2*1-2H3;1H;1H3;/q;;-1;;-1;;;2*-1;+1/b7-5-,13-6+;;;;;;;;;. The van der Waals surface area contributed by atoms with Crippen LogP contribution in [0.3, 0.4) is 0 Å². The van der Waals surface area contributed by atoms with Gasteiger partial charge in [-0.3, -0.25) is 21.9 Å². The summed E-state index contributed by atoms with van der Waals surface area (Å²) in [6.07, 6.45) is 11.0. The van der Waals surface area contributed by atoms with Crippen LogP contribution in [0, 0.1) is 45.9 Å². The van der Waals surface area contributed by atoms with Crippen molar-refractivity contribution in [3.05, 3.63) is 139 Å². The molecule has 1 atom stereocenters. The van der Waals surface area contributed by atoms with Crippen molar-refractivity contribution in [3.63, 3.8) is 0 Å². The number of aromatic hydroxyl groups is 1. The monoisotopic (exact) mass is 690 g/mol. The maximum absolute atomic E-state index is 12.1. The van der Waals surface area contributed by atoms with E-state index in [0.29, 0.717) is 6.42 Å². The number of hydrogen-bond donors (Lipinski definition) is 2. The number of hydrogen-bond acceptors (Lipinski definition) is 5. The summed E-state index contributed by atoms with van der Waals surface area (Å²) in [7, 11) is 1.75. The van der Waals surface area contributed by atoms with Crippen molar-refractivity contribution in [3.8, 4) is 5.75 Å². The van der Waals surface area contributed by atoms with Gasteiger partial charge in [0.25, 0.3) is 0 Å². The predicted molar refractivity (Wildman–Crippen MR) is 203 cm³/mol. The second-order valence-electron chi connectivity index (χ2n) is 8.59. The summed E-state index contributed by atoms with van der Waals surface area (Å²) < 4.78 is 24.1.